The Morgan fingerprint density at radius 2 is 1.95 bits per heavy atom. The van der Waals surface area contributed by atoms with Gasteiger partial charge in [0.1, 0.15) is 5.82 Å². The minimum absolute atomic E-state index is 0.00753. The number of halogens is 1. The van der Waals surface area contributed by atoms with Crippen LogP contribution in [0.1, 0.15) is 17.8 Å². The third kappa shape index (κ3) is 2.14. The first kappa shape index (κ1) is 13.3. The molecule has 0 aliphatic carbocycles. The second kappa shape index (κ2) is 5.11. The second-order valence-corrected chi connectivity index (χ2v) is 5.82. The fourth-order valence-corrected chi connectivity index (χ4v) is 3.04. The maximum atomic E-state index is 12.6. The number of benzene rings is 2. The van der Waals surface area contributed by atoms with Crippen LogP contribution < -0.4 is 5.56 Å². The summed E-state index contributed by atoms with van der Waals surface area (Å²) >= 11 is 6.02. The summed E-state index contributed by atoms with van der Waals surface area (Å²) in [7, 11) is 0. The lowest BCUT2D eigenvalue weighted by molar-refractivity contribution is 0.725. The van der Waals surface area contributed by atoms with E-state index in [1.807, 2.05) is 30.3 Å². The van der Waals surface area contributed by atoms with Crippen LogP contribution in [0.2, 0.25) is 5.02 Å². The molecule has 3 nitrogen and oxygen atoms in total. The molecule has 108 valence electrons. The normalized spacial score (nSPS) is 15.4. The monoisotopic (exact) mass is 308 g/mol. The van der Waals surface area contributed by atoms with Crippen LogP contribution >= 0.6 is 11.6 Å². The van der Waals surface area contributed by atoms with E-state index in [-0.39, 0.29) is 5.56 Å². The SMILES string of the molecule is O=c1c2ccc(Cl)cc2nc2n1CC/C2=C\c1ccccc1. The van der Waals surface area contributed by atoms with Gasteiger partial charge in [-0.05, 0) is 41.8 Å². The van der Waals surface area contributed by atoms with Crippen molar-refractivity contribution < 1.29 is 0 Å². The molecule has 0 amide bonds. The molecule has 0 N–H and O–H groups in total. The molecule has 1 aliphatic heterocycles. The van der Waals surface area contributed by atoms with Gasteiger partial charge in [0, 0.05) is 11.6 Å². The quantitative estimate of drug-likeness (QED) is 0.681. The Labute approximate surface area is 132 Å². The smallest absolute Gasteiger partial charge is 0.261 e. The Bertz CT molecular complexity index is 958. The van der Waals surface area contributed by atoms with E-state index in [1.165, 1.54) is 0 Å². The van der Waals surface area contributed by atoms with E-state index < -0.39 is 0 Å². The molecule has 0 atom stereocenters. The van der Waals surface area contributed by atoms with Gasteiger partial charge in [0.2, 0.25) is 0 Å². The average molecular weight is 309 g/mol. The van der Waals surface area contributed by atoms with Crippen LogP contribution in [0.3, 0.4) is 0 Å². The van der Waals surface area contributed by atoms with Crippen molar-refractivity contribution in [1.29, 1.82) is 0 Å². The second-order valence-electron chi connectivity index (χ2n) is 5.38. The average Bonchev–Trinajstić information content (AvgIpc) is 2.91. The third-order valence-electron chi connectivity index (χ3n) is 3.95. The van der Waals surface area contributed by atoms with Crippen LogP contribution in [-0.4, -0.2) is 9.55 Å². The number of nitrogens with zero attached hydrogens (tertiary/aromatic N) is 2. The van der Waals surface area contributed by atoms with Crippen molar-refractivity contribution in [2.45, 2.75) is 13.0 Å². The Hall–Kier alpha value is -2.39. The summed E-state index contributed by atoms with van der Waals surface area (Å²) in [6.07, 6.45) is 2.92. The molecular formula is C18H13ClN2O. The third-order valence-corrected chi connectivity index (χ3v) is 4.18. The standard InChI is InChI=1S/C18H13ClN2O/c19-14-6-7-15-16(11-14)20-17-13(8-9-21(17)18(15)22)10-12-4-2-1-3-5-12/h1-7,10-11H,8-9H2/b13-10+. The molecule has 1 aromatic heterocycles. The number of fused-ring (bicyclic) bond motifs is 2. The number of aromatic nitrogens is 2. The summed E-state index contributed by atoms with van der Waals surface area (Å²) < 4.78 is 1.75. The predicted molar refractivity (Wildman–Crippen MR) is 89.9 cm³/mol. The number of allylic oxidation sites excluding steroid dienone is 1. The van der Waals surface area contributed by atoms with Crippen molar-refractivity contribution in [3.8, 4) is 0 Å². The number of hydrogen-bond acceptors (Lipinski definition) is 2. The summed E-state index contributed by atoms with van der Waals surface area (Å²) in [5.74, 6) is 0.753. The molecule has 3 aromatic rings. The summed E-state index contributed by atoms with van der Waals surface area (Å²) in [6.45, 7) is 0.679. The van der Waals surface area contributed by atoms with Crippen LogP contribution in [0.15, 0.2) is 53.3 Å². The maximum Gasteiger partial charge on any atom is 0.261 e. The first-order chi connectivity index (χ1) is 10.7. The maximum absolute atomic E-state index is 12.6. The predicted octanol–water partition coefficient (Wildman–Crippen LogP) is 3.99. The van der Waals surface area contributed by atoms with Gasteiger partial charge in [-0.1, -0.05) is 41.9 Å². The molecule has 4 rings (SSSR count). The molecule has 22 heavy (non-hydrogen) atoms. The Balaban J connectivity index is 1.93. The van der Waals surface area contributed by atoms with Crippen molar-refractivity contribution >= 4 is 34.2 Å². The van der Waals surface area contributed by atoms with Crippen LogP contribution in [0.5, 0.6) is 0 Å². The van der Waals surface area contributed by atoms with Crippen molar-refractivity contribution in [2.24, 2.45) is 0 Å². The van der Waals surface area contributed by atoms with Gasteiger partial charge in [-0.15, -0.1) is 0 Å². The van der Waals surface area contributed by atoms with E-state index in [9.17, 15) is 4.79 Å². The highest BCUT2D eigenvalue weighted by molar-refractivity contribution is 6.31. The van der Waals surface area contributed by atoms with Crippen LogP contribution in [0.4, 0.5) is 0 Å². The van der Waals surface area contributed by atoms with Gasteiger partial charge in [0.25, 0.3) is 5.56 Å². The zero-order chi connectivity index (χ0) is 15.1. The van der Waals surface area contributed by atoms with E-state index in [0.717, 1.165) is 23.4 Å². The summed E-state index contributed by atoms with van der Waals surface area (Å²) in [5.41, 5.74) is 2.87. The highest BCUT2D eigenvalue weighted by Gasteiger charge is 2.20. The molecule has 0 spiro atoms. The molecule has 1 aliphatic rings. The first-order valence-electron chi connectivity index (χ1n) is 7.18. The molecule has 2 aromatic carbocycles. The lowest BCUT2D eigenvalue weighted by atomic mass is 10.1. The van der Waals surface area contributed by atoms with Crippen molar-refractivity contribution in [3.63, 3.8) is 0 Å². The fraction of sp³-hybridized carbons (Fsp3) is 0.111. The highest BCUT2D eigenvalue weighted by Crippen LogP contribution is 2.27. The molecule has 2 heterocycles. The Morgan fingerprint density at radius 3 is 2.77 bits per heavy atom. The Kier molecular flexibility index (Phi) is 3.09. The molecular weight excluding hydrogens is 296 g/mol. The Morgan fingerprint density at radius 1 is 1.14 bits per heavy atom. The van der Waals surface area contributed by atoms with Gasteiger partial charge < -0.3 is 0 Å². The van der Waals surface area contributed by atoms with Crippen LogP contribution in [0.25, 0.3) is 22.6 Å². The molecule has 4 heteroatoms. The molecule has 0 saturated heterocycles. The summed E-state index contributed by atoms with van der Waals surface area (Å²) in [5, 5.41) is 1.21. The van der Waals surface area contributed by atoms with Crippen molar-refractivity contribution in [1.82, 2.24) is 9.55 Å². The van der Waals surface area contributed by atoms with E-state index in [2.05, 4.69) is 11.1 Å². The van der Waals surface area contributed by atoms with Crippen LogP contribution in [0, 0.1) is 0 Å². The minimum atomic E-state index is 0.00753. The largest absolute Gasteiger partial charge is 0.292 e. The number of hydrogen-bond donors (Lipinski definition) is 0. The zero-order valence-electron chi connectivity index (χ0n) is 11.8. The molecule has 0 radical (unpaired) electrons. The number of rotatable bonds is 1. The first-order valence-corrected chi connectivity index (χ1v) is 7.56. The van der Waals surface area contributed by atoms with E-state index in [4.69, 9.17) is 11.6 Å². The zero-order valence-corrected chi connectivity index (χ0v) is 12.5. The minimum Gasteiger partial charge on any atom is -0.292 e. The van der Waals surface area contributed by atoms with E-state index in [1.54, 1.807) is 22.8 Å². The summed E-state index contributed by atoms with van der Waals surface area (Å²) in [6, 6.07) is 15.3. The fourth-order valence-electron chi connectivity index (χ4n) is 2.88. The summed E-state index contributed by atoms with van der Waals surface area (Å²) in [4.78, 5) is 17.2. The van der Waals surface area contributed by atoms with Gasteiger partial charge in [-0.2, -0.15) is 0 Å². The van der Waals surface area contributed by atoms with Crippen molar-refractivity contribution in [2.75, 3.05) is 0 Å². The van der Waals surface area contributed by atoms with Gasteiger partial charge in [0.05, 0.1) is 10.9 Å². The molecule has 0 bridgehead atoms. The molecule has 0 fully saturated rings. The highest BCUT2D eigenvalue weighted by atomic mass is 35.5. The van der Waals surface area contributed by atoms with Gasteiger partial charge in [0.15, 0.2) is 0 Å². The topological polar surface area (TPSA) is 34.9 Å². The van der Waals surface area contributed by atoms with Gasteiger partial charge >= 0.3 is 0 Å². The molecule has 0 saturated carbocycles. The lowest BCUT2D eigenvalue weighted by Crippen LogP contribution is -2.20. The van der Waals surface area contributed by atoms with Crippen LogP contribution in [-0.2, 0) is 6.54 Å². The van der Waals surface area contributed by atoms with Gasteiger partial charge in [-0.3, -0.25) is 9.36 Å². The van der Waals surface area contributed by atoms with E-state index >= 15 is 0 Å². The van der Waals surface area contributed by atoms with E-state index in [0.29, 0.717) is 22.5 Å². The molecule has 0 unspecified atom stereocenters. The lowest BCUT2D eigenvalue weighted by Gasteiger charge is -2.05. The van der Waals surface area contributed by atoms with Crippen molar-refractivity contribution in [3.05, 3.63) is 75.3 Å². The van der Waals surface area contributed by atoms with Gasteiger partial charge in [-0.25, -0.2) is 4.98 Å².